The lowest BCUT2D eigenvalue weighted by Crippen LogP contribution is -2.35. The van der Waals surface area contributed by atoms with Crippen LogP contribution >= 0.6 is 0 Å². The molecule has 0 aromatic heterocycles. The number of ether oxygens (including phenoxy) is 3. The van der Waals surface area contributed by atoms with E-state index in [1.54, 1.807) is 14.2 Å². The van der Waals surface area contributed by atoms with E-state index in [0.29, 0.717) is 13.2 Å². The summed E-state index contributed by atoms with van der Waals surface area (Å²) in [5, 5.41) is 10.0. The third-order valence-electron chi connectivity index (χ3n) is 6.03. The molecule has 3 N–H and O–H groups in total. The molecule has 3 rings (SSSR count). The molecule has 0 unspecified atom stereocenters. The maximum absolute atomic E-state index is 10.0. The highest BCUT2D eigenvalue weighted by atomic mass is 16.5. The Balaban J connectivity index is 2.09. The van der Waals surface area contributed by atoms with Gasteiger partial charge in [-0.1, -0.05) is 61.0 Å². The van der Waals surface area contributed by atoms with E-state index in [9.17, 15) is 5.11 Å². The molecule has 0 saturated carbocycles. The van der Waals surface area contributed by atoms with Crippen LogP contribution in [0, 0.1) is 5.92 Å². The number of hydrogen-bond donors (Lipinski definition) is 2. The molecular formula is C28H35NO4. The number of hydrogen-bond acceptors (Lipinski definition) is 5. The van der Waals surface area contributed by atoms with Gasteiger partial charge in [0.05, 0.1) is 20.8 Å². The average molecular weight is 450 g/mol. The van der Waals surface area contributed by atoms with Crippen LogP contribution in [0.4, 0.5) is 0 Å². The molecule has 0 radical (unpaired) electrons. The van der Waals surface area contributed by atoms with Crippen LogP contribution in [0.3, 0.4) is 0 Å². The fourth-order valence-corrected chi connectivity index (χ4v) is 4.12. The summed E-state index contributed by atoms with van der Waals surface area (Å²) in [5.41, 5.74) is 7.78. The van der Waals surface area contributed by atoms with Crippen LogP contribution < -0.4 is 15.2 Å². The van der Waals surface area contributed by atoms with E-state index in [0.717, 1.165) is 47.5 Å². The first-order valence-electron chi connectivity index (χ1n) is 11.5. The standard InChI is InChI=1S/C28H35NO4/c1-31-26-15-11-24(12-16-26)28(23-9-4-3-5-10-23,25-13-17-27(32-2)18-14-25)33-21-22(20-30)8-6-7-19-29/h3-5,9-18,22,30H,6-8,19-21,29H2,1-2H3/t22-/m0/s1. The van der Waals surface area contributed by atoms with Gasteiger partial charge in [-0.15, -0.1) is 0 Å². The van der Waals surface area contributed by atoms with Crippen LogP contribution in [0.1, 0.15) is 36.0 Å². The third kappa shape index (κ3) is 5.93. The van der Waals surface area contributed by atoms with E-state index < -0.39 is 5.60 Å². The zero-order chi connectivity index (χ0) is 23.5. The van der Waals surface area contributed by atoms with Gasteiger partial charge in [0.2, 0.25) is 0 Å². The Hall–Kier alpha value is -2.86. The van der Waals surface area contributed by atoms with Crippen molar-refractivity contribution in [2.24, 2.45) is 11.7 Å². The minimum Gasteiger partial charge on any atom is -0.497 e. The Morgan fingerprint density at radius 1 is 0.758 bits per heavy atom. The van der Waals surface area contributed by atoms with Crippen LogP contribution in [0.25, 0.3) is 0 Å². The molecule has 33 heavy (non-hydrogen) atoms. The number of benzene rings is 3. The zero-order valence-electron chi connectivity index (χ0n) is 19.6. The van der Waals surface area contributed by atoms with Crippen LogP contribution in [0.2, 0.25) is 0 Å². The summed E-state index contributed by atoms with van der Waals surface area (Å²) in [4.78, 5) is 0. The van der Waals surface area contributed by atoms with Gasteiger partial charge in [0.15, 0.2) is 0 Å². The number of aliphatic hydroxyl groups is 1. The van der Waals surface area contributed by atoms with Crippen LogP contribution in [0.5, 0.6) is 11.5 Å². The van der Waals surface area contributed by atoms with E-state index >= 15 is 0 Å². The SMILES string of the molecule is COc1ccc(C(OC[C@H](CO)CCCCN)(c2ccccc2)c2ccc(OC)cc2)cc1. The first-order valence-corrected chi connectivity index (χ1v) is 11.5. The van der Waals surface area contributed by atoms with Crippen molar-refractivity contribution < 1.29 is 19.3 Å². The Morgan fingerprint density at radius 3 is 1.73 bits per heavy atom. The Labute approximate surface area is 197 Å². The van der Waals surface area contributed by atoms with Crippen molar-refractivity contribution in [3.63, 3.8) is 0 Å². The van der Waals surface area contributed by atoms with E-state index in [4.69, 9.17) is 19.9 Å². The first-order chi connectivity index (χ1) is 16.2. The van der Waals surface area contributed by atoms with Crippen molar-refractivity contribution >= 4 is 0 Å². The molecule has 0 bridgehead atoms. The third-order valence-corrected chi connectivity index (χ3v) is 6.03. The number of methoxy groups -OCH3 is 2. The van der Waals surface area contributed by atoms with Crippen molar-refractivity contribution in [3.05, 3.63) is 95.6 Å². The smallest absolute Gasteiger partial charge is 0.143 e. The summed E-state index contributed by atoms with van der Waals surface area (Å²) in [6, 6.07) is 26.2. The zero-order valence-corrected chi connectivity index (χ0v) is 19.6. The minimum absolute atomic E-state index is 0.0242. The van der Waals surface area contributed by atoms with Crippen molar-refractivity contribution in [1.29, 1.82) is 0 Å². The number of nitrogens with two attached hydrogens (primary N) is 1. The second-order valence-electron chi connectivity index (χ2n) is 8.15. The molecular weight excluding hydrogens is 414 g/mol. The molecule has 3 aromatic rings. The summed E-state index contributed by atoms with van der Waals surface area (Å²) in [7, 11) is 3.32. The Bertz CT molecular complexity index is 894. The minimum atomic E-state index is -0.860. The lowest BCUT2D eigenvalue weighted by atomic mass is 9.79. The second kappa shape index (κ2) is 12.4. The fraction of sp³-hybridized carbons (Fsp3) is 0.357. The van der Waals surface area contributed by atoms with E-state index in [1.165, 1.54) is 0 Å². The normalized spacial score (nSPS) is 12.4. The number of aliphatic hydroxyl groups excluding tert-OH is 1. The van der Waals surface area contributed by atoms with Crippen LogP contribution in [-0.2, 0) is 10.3 Å². The molecule has 176 valence electrons. The highest BCUT2D eigenvalue weighted by Gasteiger charge is 2.38. The summed E-state index contributed by atoms with van der Waals surface area (Å²) in [6.45, 7) is 1.14. The average Bonchev–Trinajstić information content (AvgIpc) is 2.89. The predicted octanol–water partition coefficient (Wildman–Crippen LogP) is 4.75. The number of unbranched alkanes of at least 4 members (excludes halogenated alkanes) is 1. The largest absolute Gasteiger partial charge is 0.497 e. The summed E-state index contributed by atoms with van der Waals surface area (Å²) < 4.78 is 17.6. The maximum atomic E-state index is 10.0. The van der Waals surface area contributed by atoms with Gasteiger partial charge < -0.3 is 25.1 Å². The van der Waals surface area contributed by atoms with E-state index in [2.05, 4.69) is 12.1 Å². The highest BCUT2D eigenvalue weighted by Crippen LogP contribution is 2.42. The molecule has 5 nitrogen and oxygen atoms in total. The first kappa shape index (κ1) is 24.8. The molecule has 0 heterocycles. The number of rotatable bonds is 13. The molecule has 0 aliphatic carbocycles. The molecule has 0 aliphatic rings. The van der Waals surface area contributed by atoms with Gasteiger partial charge in [-0.3, -0.25) is 0 Å². The summed E-state index contributed by atoms with van der Waals surface area (Å²) in [6.07, 6.45) is 2.77. The summed E-state index contributed by atoms with van der Waals surface area (Å²) >= 11 is 0. The summed E-state index contributed by atoms with van der Waals surface area (Å²) in [5.74, 6) is 1.59. The molecule has 1 atom stereocenters. The van der Waals surface area contributed by atoms with Gasteiger partial charge in [-0.25, -0.2) is 0 Å². The van der Waals surface area contributed by atoms with Gasteiger partial charge in [0.1, 0.15) is 17.1 Å². The molecule has 0 saturated heterocycles. The molecule has 0 amide bonds. The van der Waals surface area contributed by atoms with E-state index in [-0.39, 0.29) is 12.5 Å². The van der Waals surface area contributed by atoms with Gasteiger partial charge in [-0.05, 0) is 60.3 Å². The Kier molecular flexibility index (Phi) is 9.31. The van der Waals surface area contributed by atoms with E-state index in [1.807, 2.05) is 66.7 Å². The topological polar surface area (TPSA) is 73.9 Å². The second-order valence-corrected chi connectivity index (χ2v) is 8.15. The van der Waals surface area contributed by atoms with Gasteiger partial charge in [0.25, 0.3) is 0 Å². The lowest BCUT2D eigenvalue weighted by Gasteiger charge is -2.37. The van der Waals surface area contributed by atoms with Crippen molar-refractivity contribution in [2.45, 2.75) is 24.9 Å². The van der Waals surface area contributed by atoms with Crippen molar-refractivity contribution in [3.8, 4) is 11.5 Å². The van der Waals surface area contributed by atoms with Gasteiger partial charge >= 0.3 is 0 Å². The molecule has 5 heteroatoms. The quantitative estimate of drug-likeness (QED) is 0.291. The molecule has 0 fully saturated rings. The molecule has 0 spiro atoms. The Morgan fingerprint density at radius 2 is 1.27 bits per heavy atom. The maximum Gasteiger partial charge on any atom is 0.143 e. The van der Waals surface area contributed by atoms with Crippen LogP contribution in [-0.4, -0.2) is 39.1 Å². The monoisotopic (exact) mass is 449 g/mol. The fourth-order valence-electron chi connectivity index (χ4n) is 4.12. The predicted molar refractivity (Wildman–Crippen MR) is 132 cm³/mol. The molecule has 3 aromatic carbocycles. The highest BCUT2D eigenvalue weighted by molar-refractivity contribution is 5.49. The van der Waals surface area contributed by atoms with Crippen LogP contribution in [0.15, 0.2) is 78.9 Å². The molecule has 0 aliphatic heterocycles. The van der Waals surface area contributed by atoms with Crippen molar-refractivity contribution in [1.82, 2.24) is 0 Å². The van der Waals surface area contributed by atoms with Gasteiger partial charge in [-0.2, -0.15) is 0 Å². The van der Waals surface area contributed by atoms with Crippen molar-refractivity contribution in [2.75, 3.05) is 34.0 Å². The van der Waals surface area contributed by atoms with Gasteiger partial charge in [0, 0.05) is 12.5 Å². The lowest BCUT2D eigenvalue weighted by molar-refractivity contribution is -0.0205.